The van der Waals surface area contributed by atoms with E-state index in [2.05, 4.69) is 26.5 Å². The van der Waals surface area contributed by atoms with Crippen molar-refractivity contribution in [1.82, 2.24) is 0 Å². The van der Waals surface area contributed by atoms with Gasteiger partial charge in [-0.05, 0) is 78.8 Å². The summed E-state index contributed by atoms with van der Waals surface area (Å²) in [5, 5.41) is 20.2. The molecule has 3 aliphatic rings. The van der Waals surface area contributed by atoms with Crippen molar-refractivity contribution >= 4 is 15.2 Å². The second kappa shape index (κ2) is 11.5. The first-order valence-corrected chi connectivity index (χ1v) is 16.4. The normalized spacial score (nSPS) is 35.2. The summed E-state index contributed by atoms with van der Waals surface area (Å²) in [6, 6.07) is 0. The molecule has 0 aromatic heterocycles. The number of fused-ring (bicyclic) bond motifs is 1. The highest BCUT2D eigenvalue weighted by molar-refractivity contribution is 7.52. The third kappa shape index (κ3) is 7.61. The molecule has 3 rings (SSSR count). The molecule has 0 radical (unpaired) electrons. The minimum absolute atomic E-state index is 0.0525. The monoisotopic (exact) mass is 544 g/mol. The van der Waals surface area contributed by atoms with Gasteiger partial charge in [0.1, 0.15) is 0 Å². The molecule has 3 saturated carbocycles. The number of hydrogen-bond donors (Lipinski definition) is 6. The number of rotatable bonds is 8. The van der Waals surface area contributed by atoms with E-state index in [-0.39, 0.29) is 11.3 Å². The van der Waals surface area contributed by atoms with E-state index in [0.29, 0.717) is 30.3 Å². The van der Waals surface area contributed by atoms with Crippen molar-refractivity contribution in [3.8, 4) is 0 Å². The van der Waals surface area contributed by atoms with Gasteiger partial charge in [0.15, 0.2) is 0 Å². The number of allylic oxidation sites excluding steroid dienone is 5. The maximum atomic E-state index is 11.5. The summed E-state index contributed by atoms with van der Waals surface area (Å²) >= 11 is 0. The van der Waals surface area contributed by atoms with Crippen LogP contribution in [0, 0.1) is 29.1 Å². The lowest BCUT2D eigenvalue weighted by molar-refractivity contribution is 0.0862. The average Bonchev–Trinajstić information content (AvgIpc) is 3.08. The molecule has 1 unspecified atom stereocenters. The van der Waals surface area contributed by atoms with Crippen LogP contribution in [0.5, 0.6) is 0 Å². The second-order valence-electron chi connectivity index (χ2n) is 11.4. The maximum Gasteiger partial charge on any atom is 0.326 e. The van der Waals surface area contributed by atoms with Crippen LogP contribution in [0.3, 0.4) is 0 Å². The van der Waals surface area contributed by atoms with Gasteiger partial charge in [0.05, 0.1) is 24.5 Å². The molecule has 0 heterocycles. The van der Waals surface area contributed by atoms with Gasteiger partial charge in [0.2, 0.25) is 0 Å². The van der Waals surface area contributed by atoms with Gasteiger partial charge >= 0.3 is 15.2 Å². The lowest BCUT2D eigenvalue weighted by Gasteiger charge is -2.44. The van der Waals surface area contributed by atoms with Gasteiger partial charge in [-0.2, -0.15) is 0 Å². The van der Waals surface area contributed by atoms with E-state index in [4.69, 9.17) is 0 Å². The summed E-state index contributed by atoms with van der Waals surface area (Å²) in [4.78, 5) is 37.4. The SMILES string of the molecule is C=C1/C(=C\C=C2/CCC[C@@]3(C)C2CC[C@@H]3[C@H](C)/C=C/C(CP(=O)(O)O)CP(=O)(O)O)C[C@@H](O)C[C@@H]1O. The predicted octanol–water partition coefficient (Wildman–Crippen LogP) is 4.29. The molecule has 10 heteroatoms. The third-order valence-electron chi connectivity index (χ3n) is 8.57. The summed E-state index contributed by atoms with van der Waals surface area (Å²) < 4.78 is 23.0. The standard InChI is InChI=1S/C26H42O8P2/c1-17(6-7-19(15-35(29,30)31)16-36(32,33)34)23-10-11-24-20(5-4-12-26(23,24)3)8-9-21-13-22(27)14-25(28)18(21)2/h6-9,17,19,22-25,27-28H,2,4-5,10-16H2,1,3H3,(H2,29,30,31)(H2,32,33,34)/b7-6+,20-8+,21-9-/t17-,22-,23-,24?,25+,26-/m1/s1. The second-order valence-corrected chi connectivity index (χ2v) is 14.8. The number of hydrogen-bond acceptors (Lipinski definition) is 4. The van der Waals surface area contributed by atoms with Crippen LogP contribution in [0.15, 0.2) is 47.6 Å². The van der Waals surface area contributed by atoms with E-state index in [9.17, 15) is 38.9 Å². The van der Waals surface area contributed by atoms with Crippen molar-refractivity contribution in [1.29, 1.82) is 0 Å². The lowest BCUT2D eigenvalue weighted by atomic mass is 9.61. The van der Waals surface area contributed by atoms with E-state index in [1.165, 1.54) is 5.57 Å². The Balaban J connectivity index is 1.76. The van der Waals surface area contributed by atoms with E-state index < -0.39 is 45.6 Å². The Hall–Kier alpha value is -0.820. The molecule has 3 fully saturated rings. The zero-order chi connectivity index (χ0) is 26.9. The van der Waals surface area contributed by atoms with E-state index in [0.717, 1.165) is 37.7 Å². The summed E-state index contributed by atoms with van der Waals surface area (Å²) in [6.45, 7) is 8.40. The van der Waals surface area contributed by atoms with Crippen molar-refractivity contribution < 1.29 is 38.9 Å². The minimum atomic E-state index is -4.42. The van der Waals surface area contributed by atoms with Gasteiger partial charge in [-0.25, -0.2) is 0 Å². The van der Waals surface area contributed by atoms with Gasteiger partial charge in [-0.3, -0.25) is 9.13 Å². The van der Waals surface area contributed by atoms with Crippen molar-refractivity contribution in [2.45, 2.75) is 71.0 Å². The zero-order valence-electron chi connectivity index (χ0n) is 21.2. The van der Waals surface area contributed by atoms with E-state index >= 15 is 0 Å². The Labute approximate surface area is 214 Å². The van der Waals surface area contributed by atoms with Crippen LogP contribution >= 0.6 is 15.2 Å². The van der Waals surface area contributed by atoms with Crippen LogP contribution in [0.1, 0.15) is 58.8 Å². The highest BCUT2D eigenvalue weighted by Crippen LogP contribution is 2.59. The maximum absolute atomic E-state index is 11.5. The molecule has 0 bridgehead atoms. The Morgan fingerprint density at radius 3 is 2.31 bits per heavy atom. The molecule has 6 atom stereocenters. The highest BCUT2D eigenvalue weighted by atomic mass is 31.2. The van der Waals surface area contributed by atoms with Gasteiger partial charge in [0, 0.05) is 6.42 Å². The van der Waals surface area contributed by atoms with Gasteiger partial charge in [-0.1, -0.05) is 50.3 Å². The molecule has 204 valence electrons. The first-order valence-electron chi connectivity index (χ1n) is 12.8. The molecule has 0 amide bonds. The number of aliphatic hydroxyl groups excluding tert-OH is 2. The van der Waals surface area contributed by atoms with E-state index in [1.807, 2.05) is 12.2 Å². The molecule has 6 N–H and O–H groups in total. The van der Waals surface area contributed by atoms with Crippen molar-refractivity contribution in [2.24, 2.45) is 29.1 Å². The quantitative estimate of drug-likeness (QED) is 0.195. The van der Waals surface area contributed by atoms with Crippen LogP contribution in [0.25, 0.3) is 0 Å². The molecule has 0 aromatic carbocycles. The number of aliphatic hydroxyl groups is 2. The molecular weight excluding hydrogens is 502 g/mol. The first kappa shape index (κ1) is 29.7. The molecule has 8 nitrogen and oxygen atoms in total. The van der Waals surface area contributed by atoms with Crippen molar-refractivity contribution in [3.05, 3.63) is 47.6 Å². The van der Waals surface area contributed by atoms with Gasteiger partial charge in [-0.15, -0.1) is 0 Å². The first-order chi connectivity index (χ1) is 16.6. The Kier molecular flexibility index (Phi) is 9.51. The molecular formula is C26H42O8P2. The van der Waals surface area contributed by atoms with Crippen LogP contribution in [0.4, 0.5) is 0 Å². The Morgan fingerprint density at radius 2 is 1.69 bits per heavy atom. The summed E-state index contributed by atoms with van der Waals surface area (Å²) in [5.41, 5.74) is 3.00. The Bertz CT molecular complexity index is 981. The fourth-order valence-corrected chi connectivity index (χ4v) is 8.79. The minimum Gasteiger partial charge on any atom is -0.393 e. The van der Waals surface area contributed by atoms with Gasteiger partial charge < -0.3 is 29.8 Å². The summed E-state index contributed by atoms with van der Waals surface area (Å²) in [5.74, 6) is -0.0511. The zero-order valence-corrected chi connectivity index (χ0v) is 23.0. The molecule has 36 heavy (non-hydrogen) atoms. The van der Waals surface area contributed by atoms with Crippen LogP contribution < -0.4 is 0 Å². The molecule has 3 aliphatic carbocycles. The molecule has 0 saturated heterocycles. The van der Waals surface area contributed by atoms with Crippen molar-refractivity contribution in [3.63, 3.8) is 0 Å². The molecule has 0 aliphatic heterocycles. The van der Waals surface area contributed by atoms with Crippen LogP contribution in [-0.4, -0.2) is 54.3 Å². The Morgan fingerprint density at radius 1 is 1.06 bits per heavy atom. The summed E-state index contributed by atoms with van der Waals surface area (Å²) in [7, 11) is -8.83. The highest BCUT2D eigenvalue weighted by Gasteiger charge is 2.50. The third-order valence-corrected chi connectivity index (χ3v) is 10.5. The van der Waals surface area contributed by atoms with E-state index in [1.54, 1.807) is 6.08 Å². The van der Waals surface area contributed by atoms with Crippen LogP contribution in [-0.2, 0) is 9.13 Å². The molecule has 0 spiro atoms. The predicted molar refractivity (Wildman–Crippen MR) is 140 cm³/mol. The fraction of sp³-hybridized carbons (Fsp3) is 0.692. The molecule has 0 aromatic rings. The lowest BCUT2D eigenvalue weighted by Crippen LogP contribution is -2.35. The van der Waals surface area contributed by atoms with Crippen LogP contribution in [0.2, 0.25) is 0 Å². The topological polar surface area (TPSA) is 156 Å². The van der Waals surface area contributed by atoms with Gasteiger partial charge in [0.25, 0.3) is 0 Å². The largest absolute Gasteiger partial charge is 0.393 e. The fourth-order valence-electron chi connectivity index (χ4n) is 6.87. The average molecular weight is 545 g/mol. The van der Waals surface area contributed by atoms with Crippen molar-refractivity contribution in [2.75, 3.05) is 12.3 Å². The summed E-state index contributed by atoms with van der Waals surface area (Å²) in [6.07, 6.45) is 11.2. The smallest absolute Gasteiger partial charge is 0.326 e.